The molecule has 0 aromatic heterocycles. The van der Waals surface area contributed by atoms with Crippen molar-refractivity contribution < 1.29 is 0 Å². The summed E-state index contributed by atoms with van der Waals surface area (Å²) in [5.74, 6) is 0. The Kier molecular flexibility index (Phi) is 5.21. The molecule has 0 amide bonds. The first kappa shape index (κ1) is 13.9. The highest BCUT2D eigenvalue weighted by atomic mass is 127. The second-order valence-electron chi connectivity index (χ2n) is 4.39. The van der Waals surface area contributed by atoms with E-state index in [0.29, 0.717) is 5.41 Å². The number of benzene rings is 1. The number of hydrogen-bond donors (Lipinski definition) is 2. The van der Waals surface area contributed by atoms with E-state index in [4.69, 9.17) is 0 Å². The topological polar surface area (TPSA) is 47.0 Å². The van der Waals surface area contributed by atoms with Gasteiger partial charge in [0.1, 0.15) is 0 Å². The first-order valence-electron chi connectivity index (χ1n) is 5.74. The molecule has 1 aliphatic heterocycles. The van der Waals surface area contributed by atoms with E-state index in [1.54, 1.807) is 0 Å². The molecule has 90 valence electrons. The lowest BCUT2D eigenvalue weighted by molar-refractivity contribution is 0.298. The summed E-state index contributed by atoms with van der Waals surface area (Å²) in [5, 5.41) is 3.45. The van der Waals surface area contributed by atoms with Crippen LogP contribution >= 0.6 is 22.6 Å². The minimum Gasteiger partial charge on any atom is -0.344 e. The molecule has 4 N–H and O–H groups in total. The quantitative estimate of drug-likeness (QED) is 0.815. The third kappa shape index (κ3) is 2.76. The van der Waals surface area contributed by atoms with Crippen molar-refractivity contribution in [3.63, 3.8) is 0 Å². The molecule has 0 unspecified atom stereocenters. The molecule has 0 radical (unpaired) electrons. The maximum absolute atomic E-state index is 3.45. The van der Waals surface area contributed by atoms with Gasteiger partial charge in [-0.15, -0.1) is 0 Å². The Morgan fingerprint density at radius 3 is 2.25 bits per heavy atom. The summed E-state index contributed by atoms with van der Waals surface area (Å²) < 4.78 is 1.33. The van der Waals surface area contributed by atoms with Gasteiger partial charge >= 0.3 is 0 Å². The van der Waals surface area contributed by atoms with Crippen LogP contribution in [0.15, 0.2) is 24.3 Å². The lowest BCUT2D eigenvalue weighted by Gasteiger charge is -2.37. The highest BCUT2D eigenvalue weighted by Gasteiger charge is 2.31. The van der Waals surface area contributed by atoms with Crippen LogP contribution in [0.3, 0.4) is 0 Å². The van der Waals surface area contributed by atoms with Crippen LogP contribution in [-0.2, 0) is 5.41 Å². The van der Waals surface area contributed by atoms with Gasteiger partial charge < -0.3 is 11.5 Å². The highest BCUT2D eigenvalue weighted by Crippen LogP contribution is 2.36. The second kappa shape index (κ2) is 5.98. The molecule has 1 saturated heterocycles. The van der Waals surface area contributed by atoms with Gasteiger partial charge in [-0.25, -0.2) is 0 Å². The summed E-state index contributed by atoms with van der Waals surface area (Å²) in [7, 11) is 0. The van der Waals surface area contributed by atoms with Crippen molar-refractivity contribution in [3.05, 3.63) is 33.4 Å². The van der Waals surface area contributed by atoms with E-state index in [9.17, 15) is 0 Å². The molecule has 0 spiro atoms. The smallest absolute Gasteiger partial charge is 0.0130 e. The summed E-state index contributed by atoms with van der Waals surface area (Å²) in [5.41, 5.74) is 1.97. The summed E-state index contributed by atoms with van der Waals surface area (Å²) in [6.45, 7) is 4.66. The van der Waals surface area contributed by atoms with Crippen molar-refractivity contribution in [2.45, 2.75) is 31.6 Å². The Morgan fingerprint density at radius 1 is 1.19 bits per heavy atom. The van der Waals surface area contributed by atoms with Crippen LogP contribution in [0, 0.1) is 3.57 Å². The van der Waals surface area contributed by atoms with Crippen molar-refractivity contribution in [3.8, 4) is 0 Å². The summed E-state index contributed by atoms with van der Waals surface area (Å²) >= 11 is 2.37. The van der Waals surface area contributed by atoms with Gasteiger partial charge in [0, 0.05) is 3.57 Å². The zero-order valence-electron chi connectivity index (χ0n) is 9.93. The largest absolute Gasteiger partial charge is 0.344 e. The predicted octanol–water partition coefficient (Wildman–Crippen LogP) is 3.48. The fourth-order valence-electron chi connectivity index (χ4n) is 2.56. The average Bonchev–Trinajstić information content (AvgIpc) is 2.31. The van der Waals surface area contributed by atoms with Crippen LogP contribution in [0.2, 0.25) is 0 Å². The maximum atomic E-state index is 3.45. The molecule has 3 heteroatoms. The maximum Gasteiger partial charge on any atom is 0.0130 e. The van der Waals surface area contributed by atoms with Crippen LogP contribution in [0.1, 0.15) is 31.7 Å². The van der Waals surface area contributed by atoms with E-state index in [1.165, 1.54) is 41.5 Å². The van der Waals surface area contributed by atoms with Gasteiger partial charge in [-0.3, -0.25) is 0 Å². The Bertz CT molecular complexity index is 315. The van der Waals surface area contributed by atoms with Gasteiger partial charge in [0.05, 0.1) is 0 Å². The SMILES string of the molecule is CCC1(c2ccc(I)cc2)CCNCC1.N. The molecular weight excluding hydrogens is 311 g/mol. The molecule has 0 atom stereocenters. The molecular formula is C13H21IN2. The minimum atomic E-state index is 0. The van der Waals surface area contributed by atoms with E-state index in [0.717, 1.165) is 0 Å². The zero-order valence-corrected chi connectivity index (χ0v) is 12.1. The van der Waals surface area contributed by atoms with E-state index in [-0.39, 0.29) is 6.15 Å². The molecule has 1 aromatic rings. The monoisotopic (exact) mass is 332 g/mol. The predicted molar refractivity (Wildman–Crippen MR) is 78.3 cm³/mol. The highest BCUT2D eigenvalue weighted by molar-refractivity contribution is 14.1. The van der Waals surface area contributed by atoms with Gasteiger partial charge in [0.25, 0.3) is 0 Å². The first-order valence-corrected chi connectivity index (χ1v) is 6.81. The van der Waals surface area contributed by atoms with Crippen LogP contribution < -0.4 is 11.5 Å². The molecule has 1 aliphatic rings. The number of piperidine rings is 1. The summed E-state index contributed by atoms with van der Waals surface area (Å²) in [6.07, 6.45) is 3.82. The molecule has 2 nitrogen and oxygen atoms in total. The summed E-state index contributed by atoms with van der Waals surface area (Å²) in [4.78, 5) is 0. The molecule has 16 heavy (non-hydrogen) atoms. The van der Waals surface area contributed by atoms with E-state index in [1.807, 2.05) is 0 Å². The third-order valence-corrected chi connectivity index (χ3v) is 4.41. The molecule has 0 aliphatic carbocycles. The Labute approximate surface area is 112 Å². The summed E-state index contributed by atoms with van der Waals surface area (Å²) in [6, 6.07) is 9.10. The lowest BCUT2D eigenvalue weighted by Crippen LogP contribution is -2.39. The Hall–Kier alpha value is -0.130. The molecule has 1 fully saturated rings. The van der Waals surface area contributed by atoms with Crippen LogP contribution in [0.25, 0.3) is 0 Å². The van der Waals surface area contributed by atoms with Crippen LogP contribution in [-0.4, -0.2) is 13.1 Å². The Morgan fingerprint density at radius 2 is 1.75 bits per heavy atom. The van der Waals surface area contributed by atoms with E-state index < -0.39 is 0 Å². The molecule has 0 bridgehead atoms. The van der Waals surface area contributed by atoms with E-state index >= 15 is 0 Å². The van der Waals surface area contributed by atoms with Gasteiger partial charge in [-0.1, -0.05) is 19.1 Å². The number of nitrogens with one attached hydrogen (secondary N) is 1. The molecule has 1 aromatic carbocycles. The molecule has 0 saturated carbocycles. The van der Waals surface area contributed by atoms with Crippen molar-refractivity contribution in [1.82, 2.24) is 11.5 Å². The minimum absolute atomic E-state index is 0. The normalized spacial score (nSPS) is 18.9. The van der Waals surface area contributed by atoms with Gasteiger partial charge in [-0.05, 0) is 78.1 Å². The van der Waals surface area contributed by atoms with Gasteiger partial charge in [-0.2, -0.15) is 0 Å². The molecule has 2 rings (SSSR count). The van der Waals surface area contributed by atoms with Crippen LogP contribution in [0.5, 0.6) is 0 Å². The fraction of sp³-hybridized carbons (Fsp3) is 0.538. The van der Waals surface area contributed by atoms with Crippen molar-refractivity contribution in [2.75, 3.05) is 13.1 Å². The number of hydrogen-bond acceptors (Lipinski definition) is 2. The van der Waals surface area contributed by atoms with Crippen molar-refractivity contribution in [1.29, 1.82) is 0 Å². The Balaban J connectivity index is 0.00000128. The lowest BCUT2D eigenvalue weighted by atomic mass is 9.71. The standard InChI is InChI=1S/C13H18IN.H3N/c1-2-13(7-9-15-10-8-13)11-3-5-12(14)6-4-11;/h3-6,15H,2,7-10H2,1H3;1H3. The second-order valence-corrected chi connectivity index (χ2v) is 5.64. The van der Waals surface area contributed by atoms with Crippen molar-refractivity contribution >= 4 is 22.6 Å². The first-order chi connectivity index (χ1) is 7.27. The third-order valence-electron chi connectivity index (χ3n) is 3.69. The van der Waals surface area contributed by atoms with E-state index in [2.05, 4.69) is 59.1 Å². The molecule has 1 heterocycles. The van der Waals surface area contributed by atoms with Gasteiger partial charge in [0.15, 0.2) is 0 Å². The number of rotatable bonds is 2. The fourth-order valence-corrected chi connectivity index (χ4v) is 2.91. The van der Waals surface area contributed by atoms with Crippen LogP contribution in [0.4, 0.5) is 0 Å². The zero-order chi connectivity index (χ0) is 10.7. The van der Waals surface area contributed by atoms with Gasteiger partial charge in [0.2, 0.25) is 0 Å². The average molecular weight is 332 g/mol. The number of halogens is 1. The van der Waals surface area contributed by atoms with Crippen molar-refractivity contribution in [2.24, 2.45) is 0 Å².